The lowest BCUT2D eigenvalue weighted by atomic mass is 10.1. The third kappa shape index (κ3) is 3.55. The maximum Gasteiger partial charge on any atom is 0.129 e. The molecule has 4 heteroatoms. The molecule has 1 aliphatic heterocycles. The van der Waals surface area contributed by atoms with Gasteiger partial charge in [-0.3, -0.25) is 0 Å². The number of nitrogens with zero attached hydrogens (tertiary/aromatic N) is 2. The van der Waals surface area contributed by atoms with Crippen LogP contribution in [-0.4, -0.2) is 31.2 Å². The number of hydrogen-bond acceptors (Lipinski definition) is 4. The second-order valence-electron chi connectivity index (χ2n) is 6.91. The Kier molecular flexibility index (Phi) is 4.99. The van der Waals surface area contributed by atoms with Crippen LogP contribution in [0, 0.1) is 0 Å². The maximum absolute atomic E-state index is 6.31. The second-order valence-corrected chi connectivity index (χ2v) is 6.91. The van der Waals surface area contributed by atoms with Crippen molar-refractivity contribution in [1.82, 2.24) is 10.3 Å². The summed E-state index contributed by atoms with van der Waals surface area (Å²) in [6, 6.07) is 13.0. The third-order valence-electron chi connectivity index (χ3n) is 5.36. The molecule has 1 aliphatic carbocycles. The van der Waals surface area contributed by atoms with Gasteiger partial charge in [-0.05, 0) is 42.0 Å². The number of rotatable bonds is 5. The number of piperazine rings is 1. The number of anilines is 1. The zero-order chi connectivity index (χ0) is 17.1. The Morgan fingerprint density at radius 1 is 1.12 bits per heavy atom. The molecule has 0 bridgehead atoms. The molecular formula is C21H27N3O. The summed E-state index contributed by atoms with van der Waals surface area (Å²) in [5, 5.41) is 3.40. The molecule has 1 N–H and O–H groups in total. The first-order valence-corrected chi connectivity index (χ1v) is 9.49. The Morgan fingerprint density at radius 3 is 2.72 bits per heavy atom. The van der Waals surface area contributed by atoms with Gasteiger partial charge in [-0.15, -0.1) is 0 Å². The fourth-order valence-corrected chi connectivity index (χ4v) is 3.87. The van der Waals surface area contributed by atoms with Crippen LogP contribution in [0.4, 0.5) is 5.82 Å². The van der Waals surface area contributed by atoms with Gasteiger partial charge in [0.2, 0.25) is 0 Å². The third-order valence-corrected chi connectivity index (χ3v) is 5.36. The molecule has 2 aromatic rings. The van der Waals surface area contributed by atoms with Gasteiger partial charge in [0.05, 0.1) is 12.3 Å². The van der Waals surface area contributed by atoms with Crippen molar-refractivity contribution >= 4 is 5.82 Å². The number of ether oxygens (including phenoxy) is 1. The van der Waals surface area contributed by atoms with E-state index in [0.29, 0.717) is 6.61 Å². The van der Waals surface area contributed by atoms with Crippen molar-refractivity contribution in [3.63, 3.8) is 0 Å². The van der Waals surface area contributed by atoms with Crippen LogP contribution in [0.25, 0.3) is 0 Å². The van der Waals surface area contributed by atoms with Crippen molar-refractivity contribution < 1.29 is 4.74 Å². The summed E-state index contributed by atoms with van der Waals surface area (Å²) in [5.74, 6) is 1.10. The number of fused-ring (bicyclic) bond motifs is 1. The SMILES string of the molecule is CCc1ccccc1CO[C@H]1CCc2ccc(N3CCNCC3)nc21. The van der Waals surface area contributed by atoms with E-state index in [9.17, 15) is 0 Å². The lowest BCUT2D eigenvalue weighted by molar-refractivity contribution is 0.0382. The van der Waals surface area contributed by atoms with E-state index in [1.165, 1.54) is 16.7 Å². The molecule has 0 spiro atoms. The lowest BCUT2D eigenvalue weighted by Gasteiger charge is -2.29. The van der Waals surface area contributed by atoms with Gasteiger partial charge in [-0.2, -0.15) is 0 Å². The highest BCUT2D eigenvalue weighted by atomic mass is 16.5. The normalized spacial score (nSPS) is 19.9. The number of benzene rings is 1. The van der Waals surface area contributed by atoms with Crippen LogP contribution in [0.1, 0.15) is 41.8 Å². The molecule has 0 saturated carbocycles. The van der Waals surface area contributed by atoms with Crippen LogP contribution in [0.2, 0.25) is 0 Å². The molecule has 2 aliphatic rings. The van der Waals surface area contributed by atoms with Crippen molar-refractivity contribution in [2.75, 3.05) is 31.1 Å². The molecule has 1 fully saturated rings. The van der Waals surface area contributed by atoms with Crippen molar-refractivity contribution in [2.24, 2.45) is 0 Å². The topological polar surface area (TPSA) is 37.4 Å². The van der Waals surface area contributed by atoms with Gasteiger partial charge < -0.3 is 15.0 Å². The van der Waals surface area contributed by atoms with E-state index in [0.717, 1.165) is 57.0 Å². The fraction of sp³-hybridized carbons (Fsp3) is 0.476. The number of nitrogens with one attached hydrogen (secondary N) is 1. The largest absolute Gasteiger partial charge is 0.367 e. The number of aromatic nitrogens is 1. The van der Waals surface area contributed by atoms with Gasteiger partial charge in [-0.25, -0.2) is 4.98 Å². The summed E-state index contributed by atoms with van der Waals surface area (Å²) in [4.78, 5) is 7.36. The Bertz CT molecular complexity index is 725. The number of pyridine rings is 1. The molecule has 132 valence electrons. The number of hydrogen-bond donors (Lipinski definition) is 1. The summed E-state index contributed by atoms with van der Waals surface area (Å²) in [6.45, 7) is 7.00. The zero-order valence-corrected chi connectivity index (χ0v) is 15.0. The summed E-state index contributed by atoms with van der Waals surface area (Å²) in [6.07, 6.45) is 3.29. The molecule has 1 saturated heterocycles. The maximum atomic E-state index is 6.31. The van der Waals surface area contributed by atoms with Crippen LogP contribution >= 0.6 is 0 Å². The van der Waals surface area contributed by atoms with E-state index in [4.69, 9.17) is 9.72 Å². The Morgan fingerprint density at radius 2 is 1.92 bits per heavy atom. The van der Waals surface area contributed by atoms with Crippen LogP contribution in [0.5, 0.6) is 0 Å². The quantitative estimate of drug-likeness (QED) is 0.909. The summed E-state index contributed by atoms with van der Waals surface area (Å²) in [7, 11) is 0. The minimum Gasteiger partial charge on any atom is -0.367 e. The van der Waals surface area contributed by atoms with Crippen molar-refractivity contribution in [3.8, 4) is 0 Å². The van der Waals surface area contributed by atoms with Crippen molar-refractivity contribution in [3.05, 3.63) is 58.8 Å². The Labute approximate surface area is 150 Å². The second kappa shape index (κ2) is 7.54. The molecule has 25 heavy (non-hydrogen) atoms. The molecule has 1 atom stereocenters. The molecular weight excluding hydrogens is 310 g/mol. The monoisotopic (exact) mass is 337 g/mol. The van der Waals surface area contributed by atoms with E-state index < -0.39 is 0 Å². The molecule has 0 amide bonds. The lowest BCUT2D eigenvalue weighted by Crippen LogP contribution is -2.44. The first-order chi connectivity index (χ1) is 12.3. The molecule has 0 radical (unpaired) electrons. The van der Waals surface area contributed by atoms with Gasteiger partial charge in [0.15, 0.2) is 0 Å². The number of aryl methyl sites for hydroxylation is 2. The van der Waals surface area contributed by atoms with E-state index in [1.807, 2.05) is 0 Å². The minimum atomic E-state index is 0.128. The van der Waals surface area contributed by atoms with Crippen LogP contribution < -0.4 is 10.2 Å². The smallest absolute Gasteiger partial charge is 0.129 e. The predicted molar refractivity (Wildman–Crippen MR) is 101 cm³/mol. The highest BCUT2D eigenvalue weighted by Gasteiger charge is 2.26. The fourth-order valence-electron chi connectivity index (χ4n) is 3.87. The molecule has 1 aromatic heterocycles. The molecule has 4 nitrogen and oxygen atoms in total. The van der Waals surface area contributed by atoms with E-state index in [2.05, 4.69) is 53.5 Å². The summed E-state index contributed by atoms with van der Waals surface area (Å²) in [5.41, 5.74) is 5.19. The molecule has 4 rings (SSSR count). The summed E-state index contributed by atoms with van der Waals surface area (Å²) >= 11 is 0. The van der Waals surface area contributed by atoms with Gasteiger partial charge in [-0.1, -0.05) is 37.3 Å². The Balaban J connectivity index is 1.48. The van der Waals surface area contributed by atoms with Crippen molar-refractivity contribution in [2.45, 2.75) is 38.9 Å². The first kappa shape index (κ1) is 16.6. The van der Waals surface area contributed by atoms with E-state index >= 15 is 0 Å². The minimum absolute atomic E-state index is 0.128. The molecule has 0 unspecified atom stereocenters. The summed E-state index contributed by atoms with van der Waals surface area (Å²) < 4.78 is 6.31. The first-order valence-electron chi connectivity index (χ1n) is 9.49. The predicted octanol–water partition coefficient (Wildman–Crippen LogP) is 3.26. The average molecular weight is 337 g/mol. The van der Waals surface area contributed by atoms with Crippen LogP contribution in [-0.2, 0) is 24.2 Å². The van der Waals surface area contributed by atoms with Gasteiger partial charge >= 0.3 is 0 Å². The molecule has 2 heterocycles. The van der Waals surface area contributed by atoms with Gasteiger partial charge in [0.1, 0.15) is 11.9 Å². The Hall–Kier alpha value is -1.91. The average Bonchev–Trinajstić information content (AvgIpc) is 3.09. The van der Waals surface area contributed by atoms with Crippen LogP contribution in [0.3, 0.4) is 0 Å². The van der Waals surface area contributed by atoms with E-state index in [1.54, 1.807) is 0 Å². The van der Waals surface area contributed by atoms with Gasteiger partial charge in [0.25, 0.3) is 0 Å². The standard InChI is InChI=1S/C21H27N3O/c1-2-16-5-3-4-6-18(16)15-25-19-9-7-17-8-10-20(23-21(17)19)24-13-11-22-12-14-24/h3-6,8,10,19,22H,2,7,9,11-15H2,1H3/t19-/m0/s1. The van der Waals surface area contributed by atoms with Crippen LogP contribution in [0.15, 0.2) is 36.4 Å². The van der Waals surface area contributed by atoms with Gasteiger partial charge in [0, 0.05) is 26.2 Å². The zero-order valence-electron chi connectivity index (χ0n) is 15.0. The van der Waals surface area contributed by atoms with Crippen molar-refractivity contribution in [1.29, 1.82) is 0 Å². The highest BCUT2D eigenvalue weighted by Crippen LogP contribution is 2.35. The molecule has 1 aromatic carbocycles. The van der Waals surface area contributed by atoms with E-state index in [-0.39, 0.29) is 6.10 Å². The highest BCUT2D eigenvalue weighted by molar-refractivity contribution is 5.44.